The van der Waals surface area contributed by atoms with E-state index >= 15 is 0 Å². The van der Waals surface area contributed by atoms with Gasteiger partial charge in [0.25, 0.3) is 0 Å². The summed E-state index contributed by atoms with van der Waals surface area (Å²) in [6.07, 6.45) is 0. The summed E-state index contributed by atoms with van der Waals surface area (Å²) in [7, 11) is -3.64. The fraction of sp³-hybridized carbons (Fsp3) is 0.500. The zero-order chi connectivity index (χ0) is 18.9. The molecule has 142 valence electrons. The molecule has 1 amide bonds. The Morgan fingerprint density at radius 1 is 1.31 bits per heavy atom. The van der Waals surface area contributed by atoms with E-state index in [1.54, 1.807) is 24.8 Å². The topological polar surface area (TPSA) is 97.7 Å². The van der Waals surface area contributed by atoms with Gasteiger partial charge in [0.1, 0.15) is 6.54 Å². The molecule has 1 aliphatic heterocycles. The first-order valence-electron chi connectivity index (χ1n) is 8.29. The Hall–Kier alpha value is -1.75. The van der Waals surface area contributed by atoms with Crippen molar-refractivity contribution in [2.75, 3.05) is 26.3 Å². The Kier molecular flexibility index (Phi) is 5.47. The highest BCUT2D eigenvalue weighted by atomic mass is 32.2. The molecule has 8 nitrogen and oxygen atoms in total. The van der Waals surface area contributed by atoms with Crippen molar-refractivity contribution in [3.8, 4) is 0 Å². The van der Waals surface area contributed by atoms with Crippen molar-refractivity contribution >= 4 is 37.5 Å². The molecule has 2 heterocycles. The minimum atomic E-state index is -3.64. The summed E-state index contributed by atoms with van der Waals surface area (Å²) in [5.74, 6) is -0.145. The van der Waals surface area contributed by atoms with Crippen LogP contribution in [0.2, 0.25) is 0 Å². The lowest BCUT2D eigenvalue weighted by molar-refractivity contribution is -0.135. The quantitative estimate of drug-likeness (QED) is 0.794. The second-order valence-corrected chi connectivity index (χ2v) is 9.06. The van der Waals surface area contributed by atoms with Crippen LogP contribution < -0.4 is 9.60 Å². The van der Waals surface area contributed by atoms with E-state index in [4.69, 9.17) is 4.74 Å². The van der Waals surface area contributed by atoms with Gasteiger partial charge >= 0.3 is 4.87 Å². The molecule has 0 spiro atoms. The fourth-order valence-corrected chi connectivity index (χ4v) is 5.07. The first-order chi connectivity index (χ1) is 12.3. The molecule has 0 unspecified atom stereocenters. The van der Waals surface area contributed by atoms with Gasteiger partial charge in [-0.2, -0.15) is 0 Å². The van der Waals surface area contributed by atoms with Gasteiger partial charge in [0.05, 0.1) is 28.3 Å². The van der Waals surface area contributed by atoms with Gasteiger partial charge in [0.2, 0.25) is 15.9 Å². The lowest BCUT2D eigenvalue weighted by atomic mass is 10.3. The average molecular weight is 399 g/mol. The number of nitrogens with zero attached hydrogens (tertiary/aromatic N) is 2. The van der Waals surface area contributed by atoms with Gasteiger partial charge in [0, 0.05) is 19.1 Å². The normalized spacial score (nSPS) is 15.7. The van der Waals surface area contributed by atoms with Gasteiger partial charge in [-0.25, -0.2) is 13.1 Å². The van der Waals surface area contributed by atoms with Crippen LogP contribution in [0.1, 0.15) is 13.8 Å². The van der Waals surface area contributed by atoms with E-state index in [0.717, 1.165) is 11.3 Å². The number of thiazole rings is 1. The molecule has 2 aromatic rings. The molecule has 1 aromatic carbocycles. The maximum Gasteiger partial charge on any atom is 0.308 e. The van der Waals surface area contributed by atoms with Crippen LogP contribution in [-0.4, -0.2) is 56.1 Å². The third-order valence-corrected chi connectivity index (χ3v) is 6.60. The number of fused-ring (bicyclic) bond motifs is 1. The summed E-state index contributed by atoms with van der Waals surface area (Å²) >= 11 is 0.936. The number of carbonyl (C=O) groups excluding carboxylic acids is 1. The predicted molar refractivity (Wildman–Crippen MR) is 98.9 cm³/mol. The van der Waals surface area contributed by atoms with Crippen LogP contribution >= 0.6 is 11.3 Å². The Morgan fingerprint density at radius 2 is 2.00 bits per heavy atom. The van der Waals surface area contributed by atoms with E-state index in [1.807, 2.05) is 0 Å². The van der Waals surface area contributed by atoms with E-state index in [2.05, 4.69) is 4.72 Å². The highest BCUT2D eigenvalue weighted by Gasteiger charge is 2.21. The summed E-state index contributed by atoms with van der Waals surface area (Å²) in [5, 5.41) is 0. The van der Waals surface area contributed by atoms with Gasteiger partial charge < -0.3 is 9.64 Å². The average Bonchev–Trinajstić information content (AvgIpc) is 2.89. The lowest BCUT2D eigenvalue weighted by Gasteiger charge is -2.26. The van der Waals surface area contributed by atoms with Crippen molar-refractivity contribution in [1.29, 1.82) is 0 Å². The minimum absolute atomic E-state index is 0.0603. The number of sulfonamides is 1. The molecule has 1 N–H and O–H groups in total. The highest BCUT2D eigenvalue weighted by Crippen LogP contribution is 2.22. The van der Waals surface area contributed by atoms with Crippen LogP contribution in [0, 0.1) is 0 Å². The maximum absolute atomic E-state index is 12.4. The number of amides is 1. The van der Waals surface area contributed by atoms with Crippen LogP contribution in [0.3, 0.4) is 0 Å². The molecule has 3 rings (SSSR count). The molecule has 0 atom stereocenters. The van der Waals surface area contributed by atoms with Gasteiger partial charge in [-0.05, 0) is 32.0 Å². The third kappa shape index (κ3) is 3.98. The van der Waals surface area contributed by atoms with Gasteiger partial charge in [-0.3, -0.25) is 14.2 Å². The van der Waals surface area contributed by atoms with Gasteiger partial charge in [-0.15, -0.1) is 0 Å². The number of hydrogen-bond donors (Lipinski definition) is 1. The van der Waals surface area contributed by atoms with E-state index < -0.39 is 10.0 Å². The maximum atomic E-state index is 12.4. The molecular formula is C16H21N3O5S2. The SMILES string of the molecule is CC(C)NS(=O)(=O)c1ccc2c(c1)sc(=O)n2CC(=O)N1CCOCC1. The van der Waals surface area contributed by atoms with Crippen molar-refractivity contribution in [1.82, 2.24) is 14.2 Å². The number of ether oxygens (including phenoxy) is 1. The third-order valence-electron chi connectivity index (χ3n) is 4.00. The summed E-state index contributed by atoms with van der Waals surface area (Å²) in [6.45, 7) is 5.43. The first-order valence-corrected chi connectivity index (χ1v) is 10.6. The Morgan fingerprint density at radius 3 is 2.65 bits per heavy atom. The van der Waals surface area contributed by atoms with E-state index in [1.165, 1.54) is 16.7 Å². The number of rotatable bonds is 5. The van der Waals surface area contributed by atoms with Crippen LogP contribution in [-0.2, 0) is 26.1 Å². The smallest absolute Gasteiger partial charge is 0.308 e. The molecular weight excluding hydrogens is 378 g/mol. The Bertz CT molecular complexity index is 971. The van der Waals surface area contributed by atoms with E-state index in [0.29, 0.717) is 36.5 Å². The Balaban J connectivity index is 1.90. The van der Waals surface area contributed by atoms with Crippen LogP contribution in [0.15, 0.2) is 27.9 Å². The summed E-state index contributed by atoms with van der Waals surface area (Å²) in [6, 6.07) is 4.27. The first kappa shape index (κ1) is 19.0. The summed E-state index contributed by atoms with van der Waals surface area (Å²) in [4.78, 5) is 26.2. The van der Waals surface area contributed by atoms with Crippen molar-refractivity contribution in [3.05, 3.63) is 27.9 Å². The van der Waals surface area contributed by atoms with Gasteiger partial charge in [0.15, 0.2) is 0 Å². The molecule has 0 aliphatic carbocycles. The predicted octanol–water partition coefficient (Wildman–Crippen LogP) is 0.609. The molecule has 1 aliphatic rings. The van der Waals surface area contributed by atoms with Crippen LogP contribution in [0.5, 0.6) is 0 Å². The largest absolute Gasteiger partial charge is 0.378 e. The number of aromatic nitrogens is 1. The number of morpholine rings is 1. The zero-order valence-corrected chi connectivity index (χ0v) is 16.2. The molecule has 0 bridgehead atoms. The minimum Gasteiger partial charge on any atom is -0.378 e. The van der Waals surface area contributed by atoms with Crippen molar-refractivity contribution in [2.24, 2.45) is 0 Å². The highest BCUT2D eigenvalue weighted by molar-refractivity contribution is 7.89. The lowest BCUT2D eigenvalue weighted by Crippen LogP contribution is -2.43. The molecule has 26 heavy (non-hydrogen) atoms. The van der Waals surface area contributed by atoms with Crippen molar-refractivity contribution in [3.63, 3.8) is 0 Å². The van der Waals surface area contributed by atoms with E-state index in [9.17, 15) is 18.0 Å². The zero-order valence-electron chi connectivity index (χ0n) is 14.6. The molecule has 0 radical (unpaired) electrons. The fourth-order valence-electron chi connectivity index (χ4n) is 2.79. The van der Waals surface area contributed by atoms with Gasteiger partial charge in [-0.1, -0.05) is 11.3 Å². The second kappa shape index (κ2) is 7.47. The number of nitrogens with one attached hydrogen (secondary N) is 1. The summed E-state index contributed by atoms with van der Waals surface area (Å²) < 4.78 is 34.3. The molecule has 1 fully saturated rings. The standard InChI is InChI=1S/C16H21N3O5S2/c1-11(2)17-26(22,23)12-3-4-13-14(9-12)25-16(21)19(13)10-15(20)18-5-7-24-8-6-18/h3-4,9,11,17H,5-8,10H2,1-2H3. The molecule has 0 saturated carbocycles. The monoisotopic (exact) mass is 399 g/mol. The van der Waals surface area contributed by atoms with Crippen molar-refractivity contribution < 1.29 is 17.9 Å². The van der Waals surface area contributed by atoms with Crippen molar-refractivity contribution in [2.45, 2.75) is 31.3 Å². The number of benzene rings is 1. The molecule has 10 heteroatoms. The van der Waals surface area contributed by atoms with Crippen LogP contribution in [0.25, 0.3) is 10.2 Å². The van der Waals surface area contributed by atoms with E-state index in [-0.39, 0.29) is 28.3 Å². The molecule has 1 aromatic heterocycles. The Labute approximate surface area is 155 Å². The second-order valence-electron chi connectivity index (χ2n) is 6.35. The molecule has 1 saturated heterocycles. The van der Waals surface area contributed by atoms with Crippen LogP contribution in [0.4, 0.5) is 0 Å². The summed E-state index contributed by atoms with van der Waals surface area (Å²) in [5.41, 5.74) is 0.560. The number of hydrogen-bond acceptors (Lipinski definition) is 6. The number of carbonyl (C=O) groups is 1.